The molecule has 1 aliphatic rings. The number of thioether (sulfide) groups is 1. The van der Waals surface area contributed by atoms with E-state index in [2.05, 4.69) is 0 Å². The van der Waals surface area contributed by atoms with Gasteiger partial charge in [-0.3, -0.25) is 9.69 Å². The number of rotatable bonds is 4. The highest BCUT2D eigenvalue weighted by atomic mass is 35.5. The molecule has 28 heavy (non-hydrogen) atoms. The molecule has 1 unspecified atom stereocenters. The molecule has 4 rings (SSSR count). The van der Waals surface area contributed by atoms with E-state index in [0.717, 1.165) is 11.1 Å². The summed E-state index contributed by atoms with van der Waals surface area (Å²) in [5.74, 6) is 1.19. The molecule has 140 valence electrons. The van der Waals surface area contributed by atoms with Crippen molar-refractivity contribution in [1.82, 2.24) is 4.90 Å². The average molecular weight is 426 g/mol. The Hall–Kier alpha value is -2.34. The van der Waals surface area contributed by atoms with Crippen molar-refractivity contribution in [2.24, 2.45) is 0 Å². The van der Waals surface area contributed by atoms with E-state index in [-0.39, 0.29) is 11.9 Å². The van der Waals surface area contributed by atoms with Gasteiger partial charge in [0.05, 0.1) is 10.9 Å². The molecule has 1 amide bonds. The number of carbonyl (C=O) groups is 1. The molecule has 0 saturated carbocycles. The summed E-state index contributed by atoms with van der Waals surface area (Å²) in [7, 11) is 0. The first-order valence-corrected chi connectivity index (χ1v) is 10.3. The number of benzene rings is 2. The van der Waals surface area contributed by atoms with Crippen molar-refractivity contribution in [2.75, 3.05) is 0 Å². The quantitative estimate of drug-likeness (QED) is 0.350. The van der Waals surface area contributed by atoms with Gasteiger partial charge >= 0.3 is 0 Å². The number of hydrogen-bond acceptors (Lipinski definition) is 4. The van der Waals surface area contributed by atoms with Crippen LogP contribution >= 0.6 is 35.6 Å². The van der Waals surface area contributed by atoms with E-state index in [9.17, 15) is 4.79 Å². The average Bonchev–Trinajstić information content (AvgIpc) is 3.27. The van der Waals surface area contributed by atoms with Crippen LogP contribution in [0.4, 0.5) is 0 Å². The number of amides is 1. The summed E-state index contributed by atoms with van der Waals surface area (Å²) in [6.45, 7) is 1.98. The highest BCUT2D eigenvalue weighted by Gasteiger charge is 2.36. The molecular formula is C22H16ClNO2S2. The minimum Gasteiger partial charge on any atom is -0.457 e. The SMILES string of the molecule is CC(c1ccccc1)N1C(=O)/C(=C\c2ccc(-c3cccc(Cl)c3)o2)SC1=S. The van der Waals surface area contributed by atoms with Crippen LogP contribution in [0.1, 0.15) is 24.3 Å². The van der Waals surface area contributed by atoms with Crippen molar-refractivity contribution >= 4 is 51.9 Å². The lowest BCUT2D eigenvalue weighted by Gasteiger charge is -2.23. The van der Waals surface area contributed by atoms with Crippen LogP contribution in [-0.2, 0) is 4.79 Å². The lowest BCUT2D eigenvalue weighted by Crippen LogP contribution is -2.30. The van der Waals surface area contributed by atoms with Crippen molar-refractivity contribution in [3.05, 3.63) is 88.0 Å². The summed E-state index contributed by atoms with van der Waals surface area (Å²) < 4.78 is 6.44. The van der Waals surface area contributed by atoms with Gasteiger partial charge in [0, 0.05) is 16.7 Å². The molecule has 1 fully saturated rings. The molecule has 0 bridgehead atoms. The van der Waals surface area contributed by atoms with Crippen LogP contribution in [-0.4, -0.2) is 15.1 Å². The molecule has 2 aromatic carbocycles. The second kappa shape index (κ2) is 7.95. The number of hydrogen-bond donors (Lipinski definition) is 0. The van der Waals surface area contributed by atoms with E-state index in [4.69, 9.17) is 28.2 Å². The van der Waals surface area contributed by atoms with Crippen LogP contribution in [0.25, 0.3) is 17.4 Å². The highest BCUT2D eigenvalue weighted by molar-refractivity contribution is 8.26. The molecule has 1 aromatic heterocycles. The molecule has 1 saturated heterocycles. The topological polar surface area (TPSA) is 33.5 Å². The Bertz CT molecular complexity index is 1070. The number of halogens is 1. The van der Waals surface area contributed by atoms with Gasteiger partial charge < -0.3 is 4.42 Å². The number of nitrogens with zero attached hydrogens (tertiary/aromatic N) is 1. The summed E-state index contributed by atoms with van der Waals surface area (Å²) in [6.07, 6.45) is 1.74. The Morgan fingerprint density at radius 2 is 1.89 bits per heavy atom. The van der Waals surface area contributed by atoms with E-state index < -0.39 is 0 Å². The molecule has 0 radical (unpaired) electrons. The minimum atomic E-state index is -0.127. The van der Waals surface area contributed by atoms with Crippen LogP contribution in [0.5, 0.6) is 0 Å². The van der Waals surface area contributed by atoms with Crippen molar-refractivity contribution in [1.29, 1.82) is 0 Å². The summed E-state index contributed by atoms with van der Waals surface area (Å²) >= 11 is 12.8. The Labute approximate surface area is 178 Å². The number of furan rings is 1. The van der Waals surface area contributed by atoms with Crippen molar-refractivity contribution in [3.63, 3.8) is 0 Å². The van der Waals surface area contributed by atoms with Gasteiger partial charge in [-0.25, -0.2) is 0 Å². The van der Waals surface area contributed by atoms with Crippen LogP contribution in [0.2, 0.25) is 5.02 Å². The van der Waals surface area contributed by atoms with E-state index in [1.807, 2.05) is 73.7 Å². The van der Waals surface area contributed by atoms with Gasteiger partial charge in [-0.1, -0.05) is 78.0 Å². The predicted molar refractivity (Wildman–Crippen MR) is 119 cm³/mol. The molecule has 1 aliphatic heterocycles. The van der Waals surface area contributed by atoms with Crippen molar-refractivity contribution in [2.45, 2.75) is 13.0 Å². The second-order valence-electron chi connectivity index (χ2n) is 6.35. The van der Waals surface area contributed by atoms with Crippen LogP contribution in [0, 0.1) is 0 Å². The van der Waals surface area contributed by atoms with Crippen LogP contribution in [0.3, 0.4) is 0 Å². The molecule has 0 spiro atoms. The maximum absolute atomic E-state index is 12.9. The molecule has 1 atom stereocenters. The monoisotopic (exact) mass is 425 g/mol. The first kappa shape index (κ1) is 19.0. The lowest BCUT2D eigenvalue weighted by atomic mass is 10.1. The normalized spacial score (nSPS) is 16.8. The standard InChI is InChI=1S/C22H16ClNO2S2/c1-14(15-6-3-2-4-7-15)24-21(25)20(28-22(24)27)13-18-10-11-19(26-18)16-8-5-9-17(23)12-16/h2-14H,1H3/b20-13+. The van der Waals surface area contributed by atoms with Crippen molar-refractivity contribution in [3.8, 4) is 11.3 Å². The first-order chi connectivity index (χ1) is 13.5. The van der Waals surface area contributed by atoms with Crippen molar-refractivity contribution < 1.29 is 9.21 Å². The predicted octanol–water partition coefficient (Wildman–Crippen LogP) is 6.56. The number of carbonyl (C=O) groups excluding carboxylic acids is 1. The molecule has 3 aromatic rings. The molecule has 0 aliphatic carbocycles. The zero-order valence-electron chi connectivity index (χ0n) is 15.0. The van der Waals surface area contributed by atoms with Gasteiger partial charge in [-0.05, 0) is 36.8 Å². The molecular weight excluding hydrogens is 410 g/mol. The Morgan fingerprint density at radius 3 is 2.64 bits per heavy atom. The zero-order chi connectivity index (χ0) is 19.7. The lowest BCUT2D eigenvalue weighted by molar-refractivity contribution is -0.123. The fourth-order valence-electron chi connectivity index (χ4n) is 3.05. The van der Waals surface area contributed by atoms with Crippen LogP contribution < -0.4 is 0 Å². The summed E-state index contributed by atoms with van der Waals surface area (Å²) in [5, 5.41) is 0.645. The fourth-order valence-corrected chi connectivity index (χ4v) is 4.64. The van der Waals surface area contributed by atoms with E-state index in [1.54, 1.807) is 11.0 Å². The summed E-state index contributed by atoms with van der Waals surface area (Å²) in [5.41, 5.74) is 1.93. The Morgan fingerprint density at radius 1 is 1.11 bits per heavy atom. The van der Waals surface area contributed by atoms with Gasteiger partial charge in [0.15, 0.2) is 0 Å². The third-order valence-electron chi connectivity index (χ3n) is 4.50. The minimum absolute atomic E-state index is 0.105. The van der Waals surface area contributed by atoms with E-state index in [0.29, 0.717) is 25.8 Å². The van der Waals surface area contributed by atoms with Gasteiger partial charge in [0.25, 0.3) is 5.91 Å². The van der Waals surface area contributed by atoms with E-state index in [1.165, 1.54) is 11.8 Å². The fraction of sp³-hybridized carbons (Fsp3) is 0.0909. The highest BCUT2D eigenvalue weighted by Crippen LogP contribution is 2.38. The Kier molecular flexibility index (Phi) is 5.40. The van der Waals surface area contributed by atoms with Gasteiger partial charge in [0.1, 0.15) is 15.8 Å². The third kappa shape index (κ3) is 3.78. The smallest absolute Gasteiger partial charge is 0.266 e. The summed E-state index contributed by atoms with van der Waals surface area (Å²) in [4.78, 5) is 15.2. The number of thiocarbonyl (C=S) groups is 1. The molecule has 3 nitrogen and oxygen atoms in total. The maximum atomic E-state index is 12.9. The van der Waals surface area contributed by atoms with Crippen LogP contribution in [0.15, 0.2) is 76.1 Å². The van der Waals surface area contributed by atoms with Gasteiger partial charge in [0.2, 0.25) is 0 Å². The third-order valence-corrected chi connectivity index (χ3v) is 6.07. The Balaban J connectivity index is 1.58. The summed E-state index contributed by atoms with van der Waals surface area (Å²) in [6, 6.07) is 20.9. The molecule has 0 N–H and O–H groups in total. The zero-order valence-corrected chi connectivity index (χ0v) is 17.4. The largest absolute Gasteiger partial charge is 0.457 e. The first-order valence-electron chi connectivity index (χ1n) is 8.71. The van der Waals surface area contributed by atoms with Gasteiger partial charge in [-0.15, -0.1) is 0 Å². The maximum Gasteiger partial charge on any atom is 0.266 e. The van der Waals surface area contributed by atoms with E-state index >= 15 is 0 Å². The van der Waals surface area contributed by atoms with Gasteiger partial charge in [-0.2, -0.15) is 0 Å². The molecule has 2 heterocycles. The molecule has 6 heteroatoms. The second-order valence-corrected chi connectivity index (χ2v) is 8.46.